The molecule has 0 spiro atoms. The Bertz CT molecular complexity index is 1490. The van der Waals surface area contributed by atoms with Gasteiger partial charge in [0.25, 0.3) is 11.7 Å². The molecule has 1 saturated heterocycles. The van der Waals surface area contributed by atoms with Crippen molar-refractivity contribution in [2.45, 2.75) is 6.04 Å². The first-order valence-electron chi connectivity index (χ1n) is 10.4. The Morgan fingerprint density at radius 3 is 2.56 bits per heavy atom. The second-order valence-corrected chi connectivity index (χ2v) is 8.23. The van der Waals surface area contributed by atoms with E-state index >= 15 is 0 Å². The minimum atomic E-state index is -1.02. The number of phenols is 1. The van der Waals surface area contributed by atoms with Gasteiger partial charge in [0.1, 0.15) is 17.3 Å². The summed E-state index contributed by atoms with van der Waals surface area (Å²) in [7, 11) is 1.43. The highest BCUT2D eigenvalue weighted by Gasteiger charge is 2.48. The third-order valence-electron chi connectivity index (χ3n) is 5.92. The number of hydrogen-bond donors (Lipinski definition) is 3. The average molecular weight is 475 g/mol. The lowest BCUT2D eigenvalue weighted by Crippen LogP contribution is -2.29. The molecular formula is C26H19ClN2O5. The van der Waals surface area contributed by atoms with Crippen LogP contribution < -0.4 is 9.64 Å². The summed E-state index contributed by atoms with van der Waals surface area (Å²) in [4.78, 5) is 31.0. The number of ether oxygens (including phenoxy) is 1. The van der Waals surface area contributed by atoms with Crippen molar-refractivity contribution >= 4 is 45.6 Å². The predicted octanol–water partition coefficient (Wildman–Crippen LogP) is 5.16. The van der Waals surface area contributed by atoms with Crippen molar-refractivity contribution in [1.29, 1.82) is 0 Å². The number of nitrogens with one attached hydrogen (secondary N) is 1. The zero-order valence-electron chi connectivity index (χ0n) is 17.9. The summed E-state index contributed by atoms with van der Waals surface area (Å²) in [5, 5.41) is 23.0. The molecule has 8 heteroatoms. The van der Waals surface area contributed by atoms with E-state index in [2.05, 4.69) is 4.98 Å². The first-order valence-corrected chi connectivity index (χ1v) is 10.8. The van der Waals surface area contributed by atoms with Gasteiger partial charge in [-0.05, 0) is 36.4 Å². The second kappa shape index (κ2) is 8.28. The summed E-state index contributed by atoms with van der Waals surface area (Å²) in [5.41, 5.74) is 1.56. The molecule has 3 aromatic carbocycles. The van der Waals surface area contributed by atoms with E-state index in [4.69, 9.17) is 16.3 Å². The van der Waals surface area contributed by atoms with Gasteiger partial charge in [0, 0.05) is 27.7 Å². The number of aromatic amines is 1. The monoisotopic (exact) mass is 474 g/mol. The van der Waals surface area contributed by atoms with Gasteiger partial charge in [-0.25, -0.2) is 0 Å². The fraction of sp³-hybridized carbons (Fsp3) is 0.0769. The van der Waals surface area contributed by atoms with Gasteiger partial charge in [0.05, 0.1) is 30.0 Å². The molecule has 1 aliphatic rings. The minimum absolute atomic E-state index is 0.140. The number of carbonyl (C=O) groups excluding carboxylic acids is 2. The first kappa shape index (κ1) is 21.6. The van der Waals surface area contributed by atoms with Crippen molar-refractivity contribution in [1.82, 2.24) is 4.98 Å². The van der Waals surface area contributed by atoms with Crippen LogP contribution in [0.25, 0.3) is 16.7 Å². The van der Waals surface area contributed by atoms with Crippen LogP contribution in [0.5, 0.6) is 11.5 Å². The van der Waals surface area contributed by atoms with E-state index in [9.17, 15) is 19.8 Å². The van der Waals surface area contributed by atoms with Crippen LogP contribution in [0.4, 0.5) is 5.69 Å². The number of carbonyl (C=O) groups is 2. The molecule has 1 unspecified atom stereocenters. The van der Waals surface area contributed by atoms with Gasteiger partial charge < -0.3 is 19.9 Å². The fourth-order valence-corrected chi connectivity index (χ4v) is 4.55. The van der Waals surface area contributed by atoms with E-state index in [0.717, 1.165) is 10.9 Å². The van der Waals surface area contributed by atoms with Crippen LogP contribution in [-0.2, 0) is 9.59 Å². The van der Waals surface area contributed by atoms with Crippen LogP contribution >= 0.6 is 11.6 Å². The van der Waals surface area contributed by atoms with Crippen LogP contribution in [0.1, 0.15) is 17.2 Å². The van der Waals surface area contributed by atoms with Crippen LogP contribution in [-0.4, -0.2) is 34.0 Å². The number of amides is 1. The number of anilines is 1. The number of para-hydroxylation sites is 3. The zero-order valence-corrected chi connectivity index (χ0v) is 18.7. The fourth-order valence-electron chi connectivity index (χ4n) is 4.37. The number of aliphatic hydroxyl groups excluding tert-OH is 1. The van der Waals surface area contributed by atoms with Crippen molar-refractivity contribution in [3.05, 3.63) is 94.6 Å². The standard InChI is InChI=1S/C26H19ClN2O5/c1-34-21-11-10-14(27)12-16(21)24(31)22-23(17-13-28-18-7-3-2-6-15(17)18)29(26(33)25(22)32)19-8-4-5-9-20(19)30/h2-13,23,28,30-31H,1H3/b24-22+. The van der Waals surface area contributed by atoms with Crippen molar-refractivity contribution in [2.24, 2.45) is 0 Å². The molecule has 0 saturated carbocycles. The number of nitrogens with zero attached hydrogens (tertiary/aromatic N) is 1. The first-order chi connectivity index (χ1) is 16.4. The van der Waals surface area contributed by atoms with Crippen LogP contribution in [0.2, 0.25) is 5.02 Å². The van der Waals surface area contributed by atoms with E-state index < -0.39 is 23.5 Å². The summed E-state index contributed by atoms with van der Waals surface area (Å²) in [5.74, 6) is -2.08. The molecule has 1 aliphatic heterocycles. The molecule has 0 bridgehead atoms. The second-order valence-electron chi connectivity index (χ2n) is 7.79. The van der Waals surface area contributed by atoms with Crippen molar-refractivity contribution in [3.8, 4) is 11.5 Å². The molecule has 1 atom stereocenters. The Hall–Kier alpha value is -4.23. The molecule has 1 aromatic heterocycles. The van der Waals surface area contributed by atoms with Gasteiger partial charge in [-0.3, -0.25) is 14.5 Å². The number of aromatic nitrogens is 1. The maximum absolute atomic E-state index is 13.4. The number of benzene rings is 3. The van der Waals surface area contributed by atoms with Crippen molar-refractivity contribution in [2.75, 3.05) is 12.0 Å². The third kappa shape index (κ3) is 3.29. The number of H-pyrrole nitrogens is 1. The van der Waals surface area contributed by atoms with Gasteiger partial charge >= 0.3 is 0 Å². The highest BCUT2D eigenvalue weighted by atomic mass is 35.5. The molecule has 34 heavy (non-hydrogen) atoms. The molecular weight excluding hydrogens is 456 g/mol. The molecule has 0 radical (unpaired) electrons. The Balaban J connectivity index is 1.83. The molecule has 3 N–H and O–H groups in total. The number of aliphatic hydroxyl groups is 1. The molecule has 0 aliphatic carbocycles. The van der Waals surface area contributed by atoms with E-state index in [1.54, 1.807) is 36.5 Å². The largest absolute Gasteiger partial charge is 0.507 e. The molecule has 170 valence electrons. The SMILES string of the molecule is COc1ccc(Cl)cc1/C(O)=C1\C(=O)C(=O)N(c2ccccc2O)C1c1c[nH]c2ccccc12. The van der Waals surface area contributed by atoms with Gasteiger partial charge in [0.2, 0.25) is 0 Å². The number of Topliss-reactive ketones (excluding diaryl/α,β-unsaturated/α-hetero) is 1. The van der Waals surface area contributed by atoms with E-state index in [-0.39, 0.29) is 28.3 Å². The quantitative estimate of drug-likeness (QED) is 0.215. The Kier molecular flexibility index (Phi) is 5.26. The Labute approximate surface area is 199 Å². The summed E-state index contributed by atoms with van der Waals surface area (Å²) < 4.78 is 5.36. The molecule has 1 amide bonds. The van der Waals surface area contributed by atoms with Crippen LogP contribution in [0.3, 0.4) is 0 Å². The van der Waals surface area contributed by atoms with Gasteiger partial charge in [0.15, 0.2) is 0 Å². The summed E-state index contributed by atoms with van der Waals surface area (Å²) in [6.45, 7) is 0. The Morgan fingerprint density at radius 1 is 1.06 bits per heavy atom. The highest BCUT2D eigenvalue weighted by molar-refractivity contribution is 6.52. The predicted molar refractivity (Wildman–Crippen MR) is 129 cm³/mol. The maximum Gasteiger partial charge on any atom is 0.300 e. The lowest BCUT2D eigenvalue weighted by atomic mass is 9.94. The van der Waals surface area contributed by atoms with Crippen molar-refractivity contribution < 1.29 is 24.5 Å². The third-order valence-corrected chi connectivity index (χ3v) is 6.15. The van der Waals surface area contributed by atoms with Crippen LogP contribution in [0.15, 0.2) is 78.5 Å². The molecule has 4 aromatic rings. The number of rotatable bonds is 4. The van der Waals surface area contributed by atoms with E-state index in [1.165, 1.54) is 24.1 Å². The number of ketones is 1. The zero-order chi connectivity index (χ0) is 24.0. The van der Waals surface area contributed by atoms with Crippen molar-refractivity contribution in [3.63, 3.8) is 0 Å². The lowest BCUT2D eigenvalue weighted by Gasteiger charge is -2.25. The molecule has 1 fully saturated rings. The highest BCUT2D eigenvalue weighted by Crippen LogP contribution is 2.47. The number of hydrogen-bond acceptors (Lipinski definition) is 5. The minimum Gasteiger partial charge on any atom is -0.507 e. The normalized spacial score (nSPS) is 17.5. The average Bonchev–Trinajstić information content (AvgIpc) is 3.38. The number of halogens is 1. The van der Waals surface area contributed by atoms with Gasteiger partial charge in [-0.1, -0.05) is 41.9 Å². The Morgan fingerprint density at radius 2 is 1.79 bits per heavy atom. The molecule has 5 rings (SSSR count). The summed E-state index contributed by atoms with van der Waals surface area (Å²) in [6.07, 6.45) is 1.69. The molecule has 7 nitrogen and oxygen atoms in total. The van der Waals surface area contributed by atoms with Gasteiger partial charge in [-0.15, -0.1) is 0 Å². The number of fused-ring (bicyclic) bond motifs is 1. The summed E-state index contributed by atoms with van der Waals surface area (Å²) in [6, 6.07) is 17.3. The molecule has 2 heterocycles. The van der Waals surface area contributed by atoms with Crippen LogP contribution in [0, 0.1) is 0 Å². The smallest absolute Gasteiger partial charge is 0.300 e. The number of methoxy groups -OCH3 is 1. The maximum atomic E-state index is 13.4. The lowest BCUT2D eigenvalue weighted by molar-refractivity contribution is -0.132. The number of phenolic OH excluding ortho intramolecular Hbond substituents is 1. The van der Waals surface area contributed by atoms with E-state index in [0.29, 0.717) is 10.6 Å². The van der Waals surface area contributed by atoms with Gasteiger partial charge in [-0.2, -0.15) is 0 Å². The summed E-state index contributed by atoms with van der Waals surface area (Å²) >= 11 is 6.16. The topological polar surface area (TPSA) is 103 Å². The van der Waals surface area contributed by atoms with E-state index in [1.807, 2.05) is 24.3 Å². The number of aromatic hydroxyl groups is 1.